The predicted octanol–water partition coefficient (Wildman–Crippen LogP) is 5.39. The number of ether oxygens (including phenoxy) is 1. The number of rotatable bonds is 12. The molecular formula is C29H33Cl2N3O5S. The molecule has 0 heterocycles. The average molecular weight is 607 g/mol. The van der Waals surface area contributed by atoms with Crippen LogP contribution in [0.5, 0.6) is 5.75 Å². The number of sulfonamides is 1. The predicted molar refractivity (Wildman–Crippen MR) is 158 cm³/mol. The molecule has 0 aliphatic rings. The number of anilines is 1. The summed E-state index contributed by atoms with van der Waals surface area (Å²) >= 11 is 12.5. The second-order valence-electron chi connectivity index (χ2n) is 9.61. The first kappa shape index (κ1) is 31.3. The molecule has 0 bridgehead atoms. The number of methoxy groups -OCH3 is 1. The van der Waals surface area contributed by atoms with E-state index < -0.39 is 28.5 Å². The second kappa shape index (κ2) is 13.9. The van der Waals surface area contributed by atoms with Gasteiger partial charge in [-0.2, -0.15) is 0 Å². The number of nitrogens with one attached hydrogen (secondary N) is 1. The Labute approximate surface area is 245 Å². The summed E-state index contributed by atoms with van der Waals surface area (Å²) in [6.07, 6.45) is 0. The van der Waals surface area contributed by atoms with Gasteiger partial charge in [0.15, 0.2) is 0 Å². The molecule has 3 aromatic rings. The molecule has 1 N–H and O–H groups in total. The van der Waals surface area contributed by atoms with Crippen LogP contribution in [0.3, 0.4) is 0 Å². The van der Waals surface area contributed by atoms with Gasteiger partial charge in [0.1, 0.15) is 18.3 Å². The van der Waals surface area contributed by atoms with Gasteiger partial charge < -0.3 is 15.0 Å². The van der Waals surface area contributed by atoms with Crippen LogP contribution in [0.2, 0.25) is 10.0 Å². The fraction of sp³-hybridized carbons (Fsp3) is 0.310. The molecule has 0 unspecified atom stereocenters. The Morgan fingerprint density at radius 3 is 2.25 bits per heavy atom. The van der Waals surface area contributed by atoms with E-state index in [2.05, 4.69) is 5.32 Å². The topological polar surface area (TPSA) is 96.0 Å². The molecule has 3 rings (SSSR count). The maximum atomic E-state index is 13.9. The summed E-state index contributed by atoms with van der Waals surface area (Å²) in [7, 11) is -2.75. The van der Waals surface area contributed by atoms with Crippen LogP contribution in [0.4, 0.5) is 5.69 Å². The number of benzene rings is 3. The van der Waals surface area contributed by atoms with E-state index in [0.29, 0.717) is 22.9 Å². The van der Waals surface area contributed by atoms with Gasteiger partial charge in [-0.3, -0.25) is 13.9 Å². The molecule has 0 fully saturated rings. The summed E-state index contributed by atoms with van der Waals surface area (Å²) in [6, 6.07) is 18.3. The van der Waals surface area contributed by atoms with Crippen molar-refractivity contribution in [3.63, 3.8) is 0 Å². The van der Waals surface area contributed by atoms with Crippen LogP contribution in [0.15, 0.2) is 77.7 Å². The van der Waals surface area contributed by atoms with E-state index in [0.717, 1.165) is 4.31 Å². The van der Waals surface area contributed by atoms with E-state index in [1.165, 1.54) is 42.3 Å². The Morgan fingerprint density at radius 2 is 1.65 bits per heavy atom. The minimum absolute atomic E-state index is 0.00106. The highest BCUT2D eigenvalue weighted by Crippen LogP contribution is 2.32. The van der Waals surface area contributed by atoms with Crippen molar-refractivity contribution in [3.05, 3.63) is 88.4 Å². The quantitative estimate of drug-likeness (QED) is 0.299. The standard InChI is InChI=1S/C29H33Cl2N3O5S/c1-20(2)17-32-29(36)21(3)33(18-22-9-8-10-23(30)15-22)28(35)19-34(24-13-14-27(39-4)26(31)16-24)40(37,38)25-11-6-5-7-12-25/h5-16,20-21H,17-19H2,1-4H3,(H,32,36)/t21-/m1/s1. The van der Waals surface area contributed by atoms with E-state index >= 15 is 0 Å². The van der Waals surface area contributed by atoms with Crippen molar-refractivity contribution >= 4 is 50.7 Å². The number of nitrogens with zero attached hydrogens (tertiary/aromatic N) is 2. The molecular weight excluding hydrogens is 573 g/mol. The van der Waals surface area contributed by atoms with Gasteiger partial charge in [-0.1, -0.05) is 67.4 Å². The average Bonchev–Trinajstić information content (AvgIpc) is 2.93. The summed E-state index contributed by atoms with van der Waals surface area (Å²) in [5, 5.41) is 3.51. The molecule has 0 radical (unpaired) electrons. The van der Waals surface area contributed by atoms with Gasteiger partial charge in [0.05, 0.1) is 22.7 Å². The van der Waals surface area contributed by atoms with E-state index in [1.54, 1.807) is 49.4 Å². The third-order valence-electron chi connectivity index (χ3n) is 6.13. The number of halogens is 2. The molecule has 0 saturated heterocycles. The lowest BCUT2D eigenvalue weighted by atomic mass is 10.1. The maximum absolute atomic E-state index is 13.9. The zero-order valence-corrected chi connectivity index (χ0v) is 25.1. The van der Waals surface area contributed by atoms with E-state index in [1.807, 2.05) is 13.8 Å². The van der Waals surface area contributed by atoms with Crippen molar-refractivity contribution in [2.75, 3.05) is 24.5 Å². The minimum Gasteiger partial charge on any atom is -0.495 e. The molecule has 0 saturated carbocycles. The smallest absolute Gasteiger partial charge is 0.264 e. The van der Waals surface area contributed by atoms with Gasteiger partial charge in [-0.25, -0.2) is 8.42 Å². The Balaban J connectivity index is 2.04. The van der Waals surface area contributed by atoms with Crippen LogP contribution < -0.4 is 14.4 Å². The lowest BCUT2D eigenvalue weighted by Gasteiger charge is -2.32. The highest BCUT2D eigenvalue weighted by Gasteiger charge is 2.32. The molecule has 0 aliphatic heterocycles. The van der Waals surface area contributed by atoms with E-state index in [-0.39, 0.29) is 34.0 Å². The molecule has 1 atom stereocenters. The molecule has 3 aromatic carbocycles. The zero-order valence-electron chi connectivity index (χ0n) is 22.8. The van der Waals surface area contributed by atoms with E-state index in [9.17, 15) is 18.0 Å². The second-order valence-corrected chi connectivity index (χ2v) is 12.3. The molecule has 214 valence electrons. The van der Waals surface area contributed by atoms with Crippen LogP contribution in [0.1, 0.15) is 26.3 Å². The first-order chi connectivity index (χ1) is 18.9. The molecule has 0 aliphatic carbocycles. The van der Waals surface area contributed by atoms with Gasteiger partial charge in [0.25, 0.3) is 10.0 Å². The van der Waals surface area contributed by atoms with Crippen LogP contribution in [-0.2, 0) is 26.2 Å². The van der Waals surface area contributed by atoms with Gasteiger partial charge in [-0.15, -0.1) is 0 Å². The Morgan fingerprint density at radius 1 is 0.950 bits per heavy atom. The van der Waals surface area contributed by atoms with Crippen molar-refractivity contribution in [2.24, 2.45) is 5.92 Å². The number of carbonyl (C=O) groups is 2. The van der Waals surface area contributed by atoms with Crippen LogP contribution in [-0.4, -0.2) is 51.4 Å². The van der Waals surface area contributed by atoms with Crippen molar-refractivity contribution in [1.82, 2.24) is 10.2 Å². The first-order valence-corrected chi connectivity index (χ1v) is 14.9. The Kier molecular flexibility index (Phi) is 10.8. The highest BCUT2D eigenvalue weighted by molar-refractivity contribution is 7.92. The molecule has 40 heavy (non-hydrogen) atoms. The summed E-state index contributed by atoms with van der Waals surface area (Å²) in [5.41, 5.74) is 0.858. The molecule has 0 aromatic heterocycles. The monoisotopic (exact) mass is 605 g/mol. The Bertz CT molecular complexity index is 1430. The number of hydrogen-bond donors (Lipinski definition) is 1. The number of carbonyl (C=O) groups excluding carboxylic acids is 2. The summed E-state index contributed by atoms with van der Waals surface area (Å²) in [6.45, 7) is 5.43. The largest absolute Gasteiger partial charge is 0.495 e. The Hall–Kier alpha value is -3.27. The zero-order chi connectivity index (χ0) is 29.4. The number of amides is 2. The summed E-state index contributed by atoms with van der Waals surface area (Å²) < 4.78 is 33.8. The van der Waals surface area contributed by atoms with Crippen LogP contribution in [0, 0.1) is 5.92 Å². The van der Waals surface area contributed by atoms with Gasteiger partial charge in [0.2, 0.25) is 11.8 Å². The molecule has 0 spiro atoms. The fourth-order valence-electron chi connectivity index (χ4n) is 3.93. The third kappa shape index (κ3) is 7.90. The van der Waals surface area contributed by atoms with Crippen molar-refractivity contribution in [1.29, 1.82) is 0 Å². The lowest BCUT2D eigenvalue weighted by molar-refractivity contribution is -0.139. The van der Waals surface area contributed by atoms with Crippen molar-refractivity contribution < 1.29 is 22.7 Å². The van der Waals surface area contributed by atoms with Gasteiger partial charge >= 0.3 is 0 Å². The van der Waals surface area contributed by atoms with Crippen molar-refractivity contribution in [3.8, 4) is 5.75 Å². The molecule has 8 nitrogen and oxygen atoms in total. The first-order valence-electron chi connectivity index (χ1n) is 12.7. The lowest BCUT2D eigenvalue weighted by Crippen LogP contribution is -2.51. The summed E-state index contributed by atoms with van der Waals surface area (Å²) in [5.74, 6) is -0.376. The highest BCUT2D eigenvalue weighted by atomic mass is 35.5. The fourth-order valence-corrected chi connectivity index (χ4v) is 5.82. The third-order valence-corrected chi connectivity index (χ3v) is 8.45. The van der Waals surface area contributed by atoms with Crippen LogP contribution in [0.25, 0.3) is 0 Å². The van der Waals surface area contributed by atoms with Crippen LogP contribution >= 0.6 is 23.2 Å². The summed E-state index contributed by atoms with van der Waals surface area (Å²) in [4.78, 5) is 28.3. The molecule has 2 amide bonds. The maximum Gasteiger partial charge on any atom is 0.264 e. The van der Waals surface area contributed by atoms with E-state index in [4.69, 9.17) is 27.9 Å². The SMILES string of the molecule is COc1ccc(N(CC(=O)N(Cc2cccc(Cl)c2)[C@H](C)C(=O)NCC(C)C)S(=O)(=O)c2ccccc2)cc1Cl. The normalized spacial score (nSPS) is 12.1. The minimum atomic E-state index is -4.20. The number of hydrogen-bond acceptors (Lipinski definition) is 5. The van der Waals surface area contributed by atoms with Gasteiger partial charge in [-0.05, 0) is 60.9 Å². The van der Waals surface area contributed by atoms with Crippen molar-refractivity contribution in [2.45, 2.75) is 38.3 Å². The molecule has 11 heteroatoms. The van der Waals surface area contributed by atoms with Gasteiger partial charge in [0, 0.05) is 18.1 Å².